The van der Waals surface area contributed by atoms with Crippen LogP contribution in [0.2, 0.25) is 0 Å². The van der Waals surface area contributed by atoms with Gasteiger partial charge in [-0.3, -0.25) is 0 Å². The van der Waals surface area contributed by atoms with Crippen LogP contribution in [0.25, 0.3) is 0 Å². The van der Waals surface area contributed by atoms with Gasteiger partial charge in [0.05, 0.1) is 0 Å². The summed E-state index contributed by atoms with van der Waals surface area (Å²) in [6.45, 7) is 7.95. The lowest BCUT2D eigenvalue weighted by molar-refractivity contribution is 0.227. The Hall–Kier alpha value is -0.0800. The van der Waals surface area contributed by atoms with E-state index in [2.05, 4.69) is 26.1 Å². The van der Waals surface area contributed by atoms with E-state index in [0.29, 0.717) is 18.6 Å². The van der Waals surface area contributed by atoms with E-state index < -0.39 is 0 Å². The van der Waals surface area contributed by atoms with Gasteiger partial charge in [0.2, 0.25) is 0 Å². The highest BCUT2D eigenvalue weighted by Gasteiger charge is 2.01. The molecule has 0 rings (SSSR count). The maximum absolute atomic E-state index is 8.81. The third kappa shape index (κ3) is 8.26. The van der Waals surface area contributed by atoms with Gasteiger partial charge in [-0.25, -0.2) is 0 Å². The van der Waals surface area contributed by atoms with E-state index in [1.165, 1.54) is 19.3 Å². The fraction of sp³-hybridized carbons (Fsp3) is 1.00. The Labute approximate surface area is 82.7 Å². The van der Waals surface area contributed by atoms with Crippen molar-refractivity contribution in [1.82, 2.24) is 5.32 Å². The van der Waals surface area contributed by atoms with Gasteiger partial charge >= 0.3 is 0 Å². The van der Waals surface area contributed by atoms with E-state index in [1.54, 1.807) is 0 Å². The first-order valence-electron chi connectivity index (χ1n) is 5.55. The van der Waals surface area contributed by atoms with E-state index in [-0.39, 0.29) is 0 Å². The zero-order valence-corrected chi connectivity index (χ0v) is 9.34. The average Bonchev–Trinajstić information content (AvgIpc) is 2.12. The first-order chi connectivity index (χ1) is 6.20. The van der Waals surface area contributed by atoms with Crippen LogP contribution < -0.4 is 5.32 Å². The Morgan fingerprint density at radius 3 is 2.46 bits per heavy atom. The topological polar surface area (TPSA) is 32.3 Å². The zero-order valence-electron chi connectivity index (χ0n) is 9.34. The Morgan fingerprint density at radius 1 is 1.23 bits per heavy atom. The fourth-order valence-corrected chi connectivity index (χ4v) is 1.43. The SMILES string of the molecule is CCCC(C)NCCCC(C)CO. The monoisotopic (exact) mass is 187 g/mol. The second kappa shape index (κ2) is 8.52. The summed E-state index contributed by atoms with van der Waals surface area (Å²) in [5, 5.41) is 12.3. The number of hydrogen-bond donors (Lipinski definition) is 2. The summed E-state index contributed by atoms with van der Waals surface area (Å²) in [6, 6.07) is 0.648. The summed E-state index contributed by atoms with van der Waals surface area (Å²) in [5.41, 5.74) is 0. The Morgan fingerprint density at radius 2 is 1.92 bits per heavy atom. The molecule has 2 heteroatoms. The molecule has 2 nitrogen and oxygen atoms in total. The number of rotatable bonds is 8. The molecule has 2 atom stereocenters. The maximum Gasteiger partial charge on any atom is 0.0456 e. The normalized spacial score (nSPS) is 15.7. The third-order valence-electron chi connectivity index (χ3n) is 2.40. The molecule has 0 heterocycles. The van der Waals surface area contributed by atoms with Crippen molar-refractivity contribution in [2.24, 2.45) is 5.92 Å². The van der Waals surface area contributed by atoms with Gasteiger partial charge in [-0.2, -0.15) is 0 Å². The van der Waals surface area contributed by atoms with Crippen LogP contribution in [0.1, 0.15) is 46.5 Å². The number of hydrogen-bond acceptors (Lipinski definition) is 2. The van der Waals surface area contributed by atoms with E-state index in [9.17, 15) is 0 Å². The molecule has 2 unspecified atom stereocenters. The molecule has 13 heavy (non-hydrogen) atoms. The Balaban J connectivity index is 3.15. The second-order valence-corrected chi connectivity index (χ2v) is 4.07. The standard InChI is InChI=1S/C11H25NO/c1-4-6-11(3)12-8-5-7-10(2)9-13/h10-13H,4-9H2,1-3H3. The molecule has 80 valence electrons. The van der Waals surface area contributed by atoms with Crippen LogP contribution >= 0.6 is 0 Å². The van der Waals surface area contributed by atoms with Gasteiger partial charge in [0.1, 0.15) is 0 Å². The van der Waals surface area contributed by atoms with Crippen LogP contribution in [-0.4, -0.2) is 24.3 Å². The van der Waals surface area contributed by atoms with Crippen molar-refractivity contribution in [2.45, 2.75) is 52.5 Å². The zero-order chi connectivity index (χ0) is 10.1. The third-order valence-corrected chi connectivity index (χ3v) is 2.40. The first-order valence-corrected chi connectivity index (χ1v) is 5.55. The molecule has 0 saturated heterocycles. The molecule has 0 aliphatic rings. The number of aliphatic hydroxyl groups is 1. The molecule has 0 aromatic rings. The molecule has 0 aromatic heterocycles. The van der Waals surface area contributed by atoms with Gasteiger partial charge in [0, 0.05) is 12.6 Å². The van der Waals surface area contributed by atoms with E-state index >= 15 is 0 Å². The highest BCUT2D eigenvalue weighted by Crippen LogP contribution is 2.03. The average molecular weight is 187 g/mol. The van der Waals surface area contributed by atoms with Gasteiger partial charge < -0.3 is 10.4 Å². The number of nitrogens with one attached hydrogen (secondary N) is 1. The molecule has 0 aliphatic heterocycles. The van der Waals surface area contributed by atoms with Crippen molar-refractivity contribution < 1.29 is 5.11 Å². The van der Waals surface area contributed by atoms with Gasteiger partial charge in [-0.05, 0) is 38.6 Å². The molecule has 0 aromatic carbocycles. The van der Waals surface area contributed by atoms with Crippen molar-refractivity contribution in [3.05, 3.63) is 0 Å². The molecule has 0 aliphatic carbocycles. The quantitative estimate of drug-likeness (QED) is 0.571. The summed E-state index contributed by atoms with van der Waals surface area (Å²) in [4.78, 5) is 0. The number of aliphatic hydroxyl groups excluding tert-OH is 1. The van der Waals surface area contributed by atoms with Crippen LogP contribution in [0, 0.1) is 5.92 Å². The minimum Gasteiger partial charge on any atom is -0.396 e. The maximum atomic E-state index is 8.81. The highest BCUT2D eigenvalue weighted by atomic mass is 16.3. The molecule has 0 amide bonds. The summed E-state index contributed by atoms with van der Waals surface area (Å²) in [6.07, 6.45) is 4.81. The van der Waals surface area contributed by atoms with Crippen LogP contribution in [0.4, 0.5) is 0 Å². The summed E-state index contributed by atoms with van der Waals surface area (Å²) < 4.78 is 0. The lowest BCUT2D eigenvalue weighted by Gasteiger charge is -2.13. The minimum atomic E-state index is 0.324. The van der Waals surface area contributed by atoms with E-state index in [4.69, 9.17) is 5.11 Å². The van der Waals surface area contributed by atoms with E-state index in [0.717, 1.165) is 13.0 Å². The van der Waals surface area contributed by atoms with E-state index in [1.807, 2.05) is 0 Å². The van der Waals surface area contributed by atoms with Crippen LogP contribution in [-0.2, 0) is 0 Å². The summed E-state index contributed by atoms with van der Waals surface area (Å²) in [5.74, 6) is 0.461. The molecule has 2 N–H and O–H groups in total. The predicted octanol–water partition coefficient (Wildman–Crippen LogP) is 2.17. The van der Waals surface area contributed by atoms with Crippen LogP contribution in [0.3, 0.4) is 0 Å². The van der Waals surface area contributed by atoms with Crippen LogP contribution in [0.5, 0.6) is 0 Å². The summed E-state index contributed by atoms with van der Waals surface area (Å²) in [7, 11) is 0. The molecule has 0 saturated carbocycles. The van der Waals surface area contributed by atoms with Gasteiger partial charge in [-0.1, -0.05) is 20.3 Å². The van der Waals surface area contributed by atoms with Crippen LogP contribution in [0.15, 0.2) is 0 Å². The molecular formula is C11H25NO. The molecule has 0 bridgehead atoms. The first kappa shape index (κ1) is 12.9. The summed E-state index contributed by atoms with van der Waals surface area (Å²) >= 11 is 0. The van der Waals surface area contributed by atoms with Gasteiger partial charge in [-0.15, -0.1) is 0 Å². The van der Waals surface area contributed by atoms with Crippen molar-refractivity contribution >= 4 is 0 Å². The fourth-order valence-electron chi connectivity index (χ4n) is 1.43. The molecular weight excluding hydrogens is 162 g/mol. The predicted molar refractivity (Wildman–Crippen MR) is 57.9 cm³/mol. The van der Waals surface area contributed by atoms with Crippen molar-refractivity contribution in [2.75, 3.05) is 13.2 Å². The second-order valence-electron chi connectivity index (χ2n) is 4.07. The Kier molecular flexibility index (Phi) is 8.46. The minimum absolute atomic E-state index is 0.324. The van der Waals surface area contributed by atoms with Crippen molar-refractivity contribution in [3.8, 4) is 0 Å². The van der Waals surface area contributed by atoms with Crippen molar-refractivity contribution in [3.63, 3.8) is 0 Å². The lowest BCUT2D eigenvalue weighted by atomic mass is 10.1. The van der Waals surface area contributed by atoms with Gasteiger partial charge in [0.15, 0.2) is 0 Å². The van der Waals surface area contributed by atoms with Crippen molar-refractivity contribution in [1.29, 1.82) is 0 Å². The lowest BCUT2D eigenvalue weighted by Crippen LogP contribution is -2.27. The highest BCUT2D eigenvalue weighted by molar-refractivity contribution is 4.60. The largest absolute Gasteiger partial charge is 0.396 e. The molecule has 0 fully saturated rings. The Bertz CT molecular complexity index is 106. The van der Waals surface area contributed by atoms with Gasteiger partial charge in [0.25, 0.3) is 0 Å². The molecule has 0 radical (unpaired) electrons. The smallest absolute Gasteiger partial charge is 0.0456 e. The molecule has 0 spiro atoms.